The number of hydrogen-bond acceptors (Lipinski definition) is 5. The predicted molar refractivity (Wildman–Crippen MR) is 179 cm³/mol. The summed E-state index contributed by atoms with van der Waals surface area (Å²) in [6.45, 7) is 18.7. The maximum atomic E-state index is 14.3. The van der Waals surface area contributed by atoms with Crippen LogP contribution < -0.4 is 9.47 Å². The van der Waals surface area contributed by atoms with Crippen LogP contribution in [0.1, 0.15) is 105 Å². The van der Waals surface area contributed by atoms with Crippen molar-refractivity contribution in [3.05, 3.63) is 41.5 Å². The van der Waals surface area contributed by atoms with Crippen LogP contribution in [0.3, 0.4) is 0 Å². The topological polar surface area (TPSA) is 61.8 Å². The lowest BCUT2D eigenvalue weighted by atomic mass is 9.32. The van der Waals surface area contributed by atoms with Gasteiger partial charge in [0.25, 0.3) is 0 Å². The van der Waals surface area contributed by atoms with Crippen LogP contribution in [-0.4, -0.2) is 33.1 Å². The third-order valence-corrected chi connectivity index (χ3v) is 15.0. The normalized spacial score (nSPS) is 42.6. The first-order valence-electron chi connectivity index (χ1n) is 17.4. The number of carbonyl (C=O) groups excluding carboxylic acids is 2. The molecule has 0 amide bonds. The van der Waals surface area contributed by atoms with Gasteiger partial charge < -0.3 is 14.2 Å². The molecule has 5 nitrogen and oxygen atoms in total. The van der Waals surface area contributed by atoms with Crippen molar-refractivity contribution in [2.24, 2.45) is 56.7 Å². The van der Waals surface area contributed by atoms with E-state index in [4.69, 9.17) is 14.2 Å². The van der Waals surface area contributed by atoms with Gasteiger partial charge in [0.1, 0.15) is 0 Å². The number of Topliss-reactive ketones (excluding diaryl/α,β-unsaturated/α-hetero) is 1. The summed E-state index contributed by atoms with van der Waals surface area (Å²) in [5.74, 6) is 3.58. The third-order valence-electron chi connectivity index (χ3n) is 15.0. The molecule has 5 aliphatic carbocycles. The molecule has 1 aromatic carbocycles. The van der Waals surface area contributed by atoms with Crippen LogP contribution >= 0.6 is 0 Å². The monoisotopic (exact) mass is 616 g/mol. The van der Waals surface area contributed by atoms with E-state index in [2.05, 4.69) is 54.2 Å². The summed E-state index contributed by atoms with van der Waals surface area (Å²) in [4.78, 5) is 27.9. The molecule has 0 aliphatic heterocycles. The molecular formula is C40H56O5. The van der Waals surface area contributed by atoms with Crippen LogP contribution in [0.25, 0.3) is 6.08 Å². The standard InChI is InChI=1S/C40H56O5/c1-24(2)27-16-19-40(35(42)45-10)21-20-38(6)28(32(27)40)14-15-31-37(5)23-26(22-25-12-11-13-29(43-8)33(25)44-9)34(41)36(3,4)30(37)17-18-39(31,38)7/h11-13,22,27-28,30-32H,1,14-21,23H2,2-10H3/b26-22+. The van der Waals surface area contributed by atoms with Gasteiger partial charge in [-0.15, -0.1) is 0 Å². The maximum Gasteiger partial charge on any atom is 0.312 e. The van der Waals surface area contributed by atoms with E-state index >= 15 is 0 Å². The highest BCUT2D eigenvalue weighted by atomic mass is 16.5. The Hall–Kier alpha value is -2.56. The van der Waals surface area contributed by atoms with E-state index in [0.717, 1.165) is 68.9 Å². The molecule has 9 unspecified atom stereocenters. The molecule has 1 aromatic rings. The SMILES string of the molecule is C=C(C)C1CCC2(C(=O)OC)CCC3(C)C(CCC4C5(C)C/C(=C\c6cccc(OC)c6OC)C(=O)C(C)(C)C5CCC43C)C12. The molecule has 246 valence electrons. The number of rotatable bonds is 5. The first kappa shape index (κ1) is 32.4. The Morgan fingerprint density at radius 3 is 2.27 bits per heavy atom. The second-order valence-electron chi connectivity index (χ2n) is 16.8. The number of allylic oxidation sites excluding steroid dienone is 2. The molecule has 5 heteroatoms. The van der Waals surface area contributed by atoms with Crippen LogP contribution in [0, 0.1) is 56.7 Å². The average molecular weight is 617 g/mol. The molecular weight excluding hydrogens is 560 g/mol. The van der Waals surface area contributed by atoms with Gasteiger partial charge in [0, 0.05) is 11.0 Å². The van der Waals surface area contributed by atoms with E-state index in [1.165, 1.54) is 5.57 Å². The van der Waals surface area contributed by atoms with Crippen molar-refractivity contribution in [2.45, 2.75) is 99.3 Å². The van der Waals surface area contributed by atoms with Crippen molar-refractivity contribution >= 4 is 17.8 Å². The molecule has 5 saturated carbocycles. The number of esters is 1. The molecule has 6 rings (SSSR count). The van der Waals surface area contributed by atoms with Gasteiger partial charge in [0.2, 0.25) is 0 Å². The Morgan fingerprint density at radius 2 is 1.62 bits per heavy atom. The lowest BCUT2D eigenvalue weighted by Gasteiger charge is -2.72. The Balaban J connectivity index is 1.42. The largest absolute Gasteiger partial charge is 0.493 e. The second-order valence-corrected chi connectivity index (χ2v) is 16.8. The Labute approximate surface area is 271 Å². The summed E-state index contributed by atoms with van der Waals surface area (Å²) in [5, 5.41) is 0. The lowest BCUT2D eigenvalue weighted by molar-refractivity contribution is -0.232. The van der Waals surface area contributed by atoms with E-state index < -0.39 is 5.41 Å². The summed E-state index contributed by atoms with van der Waals surface area (Å²) in [6, 6.07) is 5.89. The highest BCUT2D eigenvalue weighted by molar-refractivity contribution is 6.04. The Bertz CT molecular complexity index is 1440. The summed E-state index contributed by atoms with van der Waals surface area (Å²) < 4.78 is 16.9. The van der Waals surface area contributed by atoms with Gasteiger partial charge in [-0.3, -0.25) is 9.59 Å². The zero-order valence-corrected chi connectivity index (χ0v) is 29.3. The minimum Gasteiger partial charge on any atom is -0.493 e. The molecule has 0 aromatic heterocycles. The molecule has 5 aliphatic rings. The predicted octanol–water partition coefficient (Wildman–Crippen LogP) is 9.10. The molecule has 0 bridgehead atoms. The van der Waals surface area contributed by atoms with Crippen molar-refractivity contribution in [3.8, 4) is 11.5 Å². The quantitative estimate of drug-likeness (QED) is 0.188. The van der Waals surface area contributed by atoms with E-state index in [0.29, 0.717) is 41.1 Å². The molecule has 45 heavy (non-hydrogen) atoms. The van der Waals surface area contributed by atoms with Crippen LogP contribution in [0.15, 0.2) is 35.9 Å². The molecule has 0 N–H and O–H groups in total. The van der Waals surface area contributed by atoms with Crippen molar-refractivity contribution in [2.75, 3.05) is 21.3 Å². The lowest BCUT2D eigenvalue weighted by Crippen LogP contribution is -2.67. The number of ketones is 1. The van der Waals surface area contributed by atoms with Gasteiger partial charge in [-0.2, -0.15) is 0 Å². The van der Waals surface area contributed by atoms with Gasteiger partial charge >= 0.3 is 5.97 Å². The molecule has 0 radical (unpaired) electrons. The van der Waals surface area contributed by atoms with Gasteiger partial charge in [0.05, 0.1) is 26.7 Å². The maximum absolute atomic E-state index is 14.3. The second kappa shape index (κ2) is 10.7. The highest BCUT2D eigenvalue weighted by Crippen LogP contribution is 2.77. The first-order chi connectivity index (χ1) is 21.2. The number of carbonyl (C=O) groups is 2. The van der Waals surface area contributed by atoms with Crippen molar-refractivity contribution < 1.29 is 23.8 Å². The smallest absolute Gasteiger partial charge is 0.312 e. The van der Waals surface area contributed by atoms with Gasteiger partial charge in [-0.05, 0) is 128 Å². The Morgan fingerprint density at radius 1 is 0.889 bits per heavy atom. The van der Waals surface area contributed by atoms with E-state index in [1.54, 1.807) is 21.3 Å². The fourth-order valence-corrected chi connectivity index (χ4v) is 12.9. The molecule has 0 saturated heterocycles. The van der Waals surface area contributed by atoms with E-state index in [1.807, 2.05) is 18.2 Å². The first-order valence-corrected chi connectivity index (χ1v) is 17.4. The average Bonchev–Trinajstić information content (AvgIpc) is 3.41. The molecule has 0 heterocycles. The summed E-state index contributed by atoms with van der Waals surface area (Å²) in [6.07, 6.45) is 11.3. The molecule has 5 fully saturated rings. The van der Waals surface area contributed by atoms with Crippen LogP contribution in [0.2, 0.25) is 0 Å². The van der Waals surface area contributed by atoms with E-state index in [9.17, 15) is 9.59 Å². The number of hydrogen-bond donors (Lipinski definition) is 0. The van der Waals surface area contributed by atoms with Crippen LogP contribution in [-0.2, 0) is 14.3 Å². The Kier molecular flexibility index (Phi) is 7.73. The van der Waals surface area contributed by atoms with Crippen molar-refractivity contribution in [3.63, 3.8) is 0 Å². The van der Waals surface area contributed by atoms with Crippen LogP contribution in [0.4, 0.5) is 0 Å². The minimum absolute atomic E-state index is 0.0107. The molecule has 0 spiro atoms. The number of para-hydroxylation sites is 1. The number of benzene rings is 1. The van der Waals surface area contributed by atoms with E-state index in [-0.39, 0.29) is 33.4 Å². The van der Waals surface area contributed by atoms with Gasteiger partial charge in [-0.1, -0.05) is 58.9 Å². The number of fused-ring (bicyclic) bond motifs is 7. The van der Waals surface area contributed by atoms with Gasteiger partial charge in [0.15, 0.2) is 17.3 Å². The minimum atomic E-state index is -0.451. The number of methoxy groups -OCH3 is 3. The van der Waals surface area contributed by atoms with Crippen molar-refractivity contribution in [1.82, 2.24) is 0 Å². The summed E-state index contributed by atoms with van der Waals surface area (Å²) in [5.41, 5.74) is 2.41. The zero-order valence-electron chi connectivity index (χ0n) is 29.3. The van der Waals surface area contributed by atoms with Crippen LogP contribution in [0.5, 0.6) is 11.5 Å². The highest BCUT2D eigenvalue weighted by Gasteiger charge is 2.72. The molecule has 9 atom stereocenters. The van der Waals surface area contributed by atoms with Gasteiger partial charge in [-0.25, -0.2) is 0 Å². The third kappa shape index (κ3) is 4.23. The summed E-state index contributed by atoms with van der Waals surface area (Å²) >= 11 is 0. The summed E-state index contributed by atoms with van der Waals surface area (Å²) in [7, 11) is 4.89. The fourth-order valence-electron chi connectivity index (χ4n) is 12.9. The fraction of sp³-hybridized carbons (Fsp3) is 0.700. The number of ether oxygens (including phenoxy) is 3. The van der Waals surface area contributed by atoms with Crippen molar-refractivity contribution in [1.29, 1.82) is 0 Å². The zero-order chi connectivity index (χ0) is 32.7.